The number of likely N-dealkylation sites (tertiary alicyclic amines) is 1. The molecule has 0 saturated carbocycles. The van der Waals surface area contributed by atoms with Gasteiger partial charge in [0.2, 0.25) is 5.91 Å². The molecule has 1 aliphatic heterocycles. The van der Waals surface area contributed by atoms with E-state index in [1.54, 1.807) is 12.3 Å². The number of nitrogens with zero attached hydrogens (tertiary/aromatic N) is 3. The van der Waals surface area contributed by atoms with Gasteiger partial charge in [-0.2, -0.15) is 5.26 Å². The predicted octanol–water partition coefficient (Wildman–Crippen LogP) is 2.99. The Morgan fingerprint density at radius 1 is 1.20 bits per heavy atom. The summed E-state index contributed by atoms with van der Waals surface area (Å²) in [6, 6.07) is 16.1. The molecule has 128 valence electrons. The normalized spacial score (nSPS) is 14.8. The lowest BCUT2D eigenvalue weighted by atomic mass is 10.0. The molecule has 1 N–H and O–H groups in total. The first-order chi connectivity index (χ1) is 12.2. The van der Waals surface area contributed by atoms with E-state index in [0.29, 0.717) is 18.0 Å². The van der Waals surface area contributed by atoms with E-state index < -0.39 is 0 Å². The zero-order valence-corrected chi connectivity index (χ0v) is 14.2. The first kappa shape index (κ1) is 17.0. The van der Waals surface area contributed by atoms with Crippen molar-refractivity contribution in [3.8, 4) is 6.07 Å². The molecule has 1 fully saturated rings. The summed E-state index contributed by atoms with van der Waals surface area (Å²) in [4.78, 5) is 18.6. The molecule has 1 amide bonds. The minimum absolute atomic E-state index is 0.235. The quantitative estimate of drug-likeness (QED) is 0.912. The Balaban J connectivity index is 1.43. The van der Waals surface area contributed by atoms with Gasteiger partial charge >= 0.3 is 0 Å². The van der Waals surface area contributed by atoms with Gasteiger partial charge in [-0.05, 0) is 37.0 Å². The van der Waals surface area contributed by atoms with Crippen molar-refractivity contribution in [2.75, 3.05) is 18.4 Å². The van der Waals surface area contributed by atoms with Gasteiger partial charge in [0.1, 0.15) is 11.9 Å². The van der Waals surface area contributed by atoms with Gasteiger partial charge in [-0.3, -0.25) is 4.79 Å². The van der Waals surface area contributed by atoms with Crippen LogP contribution in [0, 0.1) is 11.3 Å². The zero-order chi connectivity index (χ0) is 17.5. The van der Waals surface area contributed by atoms with Gasteiger partial charge in [-0.1, -0.05) is 30.3 Å². The van der Waals surface area contributed by atoms with E-state index in [1.807, 2.05) is 29.2 Å². The molecule has 5 heteroatoms. The average molecular weight is 334 g/mol. The molecule has 5 nitrogen and oxygen atoms in total. The van der Waals surface area contributed by atoms with Gasteiger partial charge in [0.05, 0.1) is 5.56 Å². The number of hydrogen-bond donors (Lipinski definition) is 1. The first-order valence-electron chi connectivity index (χ1n) is 8.69. The Kier molecular flexibility index (Phi) is 5.63. The number of rotatable bonds is 5. The van der Waals surface area contributed by atoms with Crippen molar-refractivity contribution in [3.05, 3.63) is 59.8 Å². The number of nitriles is 1. The van der Waals surface area contributed by atoms with Crippen molar-refractivity contribution in [1.82, 2.24) is 9.88 Å². The number of anilines is 1. The molecule has 2 aromatic rings. The van der Waals surface area contributed by atoms with Crippen LogP contribution in [0.15, 0.2) is 48.7 Å². The number of carbonyl (C=O) groups is 1. The fourth-order valence-corrected chi connectivity index (χ4v) is 3.08. The maximum absolute atomic E-state index is 12.4. The van der Waals surface area contributed by atoms with Crippen molar-refractivity contribution in [2.24, 2.45) is 0 Å². The highest BCUT2D eigenvalue weighted by Gasteiger charge is 2.22. The molecule has 1 saturated heterocycles. The van der Waals surface area contributed by atoms with E-state index in [2.05, 4.69) is 28.5 Å². The van der Waals surface area contributed by atoms with Crippen LogP contribution in [0.2, 0.25) is 0 Å². The third-order valence-electron chi connectivity index (χ3n) is 4.56. The zero-order valence-electron chi connectivity index (χ0n) is 14.2. The summed E-state index contributed by atoms with van der Waals surface area (Å²) in [7, 11) is 0. The van der Waals surface area contributed by atoms with Crippen molar-refractivity contribution >= 4 is 11.7 Å². The van der Waals surface area contributed by atoms with E-state index in [-0.39, 0.29) is 5.91 Å². The largest absolute Gasteiger partial charge is 0.367 e. The van der Waals surface area contributed by atoms with Crippen LogP contribution in [-0.2, 0) is 11.2 Å². The van der Waals surface area contributed by atoms with Crippen LogP contribution < -0.4 is 5.32 Å². The van der Waals surface area contributed by atoms with Gasteiger partial charge in [-0.25, -0.2) is 4.98 Å². The van der Waals surface area contributed by atoms with Crippen LogP contribution in [0.3, 0.4) is 0 Å². The predicted molar refractivity (Wildman–Crippen MR) is 96.9 cm³/mol. The van der Waals surface area contributed by atoms with Crippen LogP contribution in [0.25, 0.3) is 0 Å². The van der Waals surface area contributed by atoms with Crippen molar-refractivity contribution in [2.45, 2.75) is 31.7 Å². The van der Waals surface area contributed by atoms with E-state index >= 15 is 0 Å². The number of hydrogen-bond acceptors (Lipinski definition) is 4. The topological polar surface area (TPSA) is 69.0 Å². The fraction of sp³-hybridized carbons (Fsp3) is 0.350. The molecular weight excluding hydrogens is 312 g/mol. The standard InChI is InChI=1S/C20H22N4O/c21-14-17-6-8-19(22-15-17)23-18-10-12-24(13-11-18)20(25)9-7-16-4-2-1-3-5-16/h1-6,8,15,18H,7,9-13H2,(H,22,23). The molecule has 0 aliphatic carbocycles. The third kappa shape index (κ3) is 4.80. The molecule has 0 radical (unpaired) electrons. The van der Waals surface area contributed by atoms with E-state index in [1.165, 1.54) is 5.56 Å². The Morgan fingerprint density at radius 2 is 1.96 bits per heavy atom. The van der Waals surface area contributed by atoms with Crippen LogP contribution in [0.4, 0.5) is 5.82 Å². The Morgan fingerprint density at radius 3 is 2.60 bits per heavy atom. The second-order valence-corrected chi connectivity index (χ2v) is 6.33. The smallest absolute Gasteiger partial charge is 0.222 e. The maximum Gasteiger partial charge on any atom is 0.222 e. The van der Waals surface area contributed by atoms with E-state index in [9.17, 15) is 4.79 Å². The van der Waals surface area contributed by atoms with Gasteiger partial charge in [-0.15, -0.1) is 0 Å². The Hall–Kier alpha value is -2.87. The summed E-state index contributed by atoms with van der Waals surface area (Å²) in [6.07, 6.45) is 4.77. The molecule has 1 aromatic carbocycles. The van der Waals surface area contributed by atoms with Crippen LogP contribution in [0.1, 0.15) is 30.4 Å². The van der Waals surface area contributed by atoms with Crippen LogP contribution in [0.5, 0.6) is 0 Å². The van der Waals surface area contributed by atoms with Gasteiger partial charge in [0, 0.05) is 31.7 Å². The molecule has 0 unspecified atom stereocenters. The highest BCUT2D eigenvalue weighted by molar-refractivity contribution is 5.76. The van der Waals surface area contributed by atoms with E-state index in [4.69, 9.17) is 5.26 Å². The van der Waals surface area contributed by atoms with Crippen molar-refractivity contribution in [1.29, 1.82) is 5.26 Å². The number of aryl methyl sites for hydroxylation is 1. The second-order valence-electron chi connectivity index (χ2n) is 6.33. The number of nitrogens with one attached hydrogen (secondary N) is 1. The van der Waals surface area contributed by atoms with E-state index in [0.717, 1.165) is 38.2 Å². The number of piperidine rings is 1. The lowest BCUT2D eigenvalue weighted by molar-refractivity contribution is -0.132. The van der Waals surface area contributed by atoms with Crippen molar-refractivity contribution in [3.63, 3.8) is 0 Å². The fourth-order valence-electron chi connectivity index (χ4n) is 3.08. The highest BCUT2D eigenvalue weighted by atomic mass is 16.2. The lowest BCUT2D eigenvalue weighted by Gasteiger charge is -2.32. The molecule has 0 spiro atoms. The van der Waals surface area contributed by atoms with Gasteiger partial charge in [0.25, 0.3) is 0 Å². The molecule has 0 atom stereocenters. The van der Waals surface area contributed by atoms with Gasteiger partial charge in [0.15, 0.2) is 0 Å². The monoisotopic (exact) mass is 334 g/mol. The summed E-state index contributed by atoms with van der Waals surface area (Å²) < 4.78 is 0. The number of aromatic nitrogens is 1. The SMILES string of the molecule is N#Cc1ccc(NC2CCN(C(=O)CCc3ccccc3)CC2)nc1. The molecule has 3 rings (SSSR count). The average Bonchev–Trinajstić information content (AvgIpc) is 2.68. The van der Waals surface area contributed by atoms with Crippen LogP contribution in [-0.4, -0.2) is 34.9 Å². The van der Waals surface area contributed by atoms with Gasteiger partial charge < -0.3 is 10.2 Å². The summed E-state index contributed by atoms with van der Waals surface area (Å²) in [5, 5.41) is 12.2. The summed E-state index contributed by atoms with van der Waals surface area (Å²) >= 11 is 0. The molecule has 25 heavy (non-hydrogen) atoms. The number of pyridine rings is 1. The summed E-state index contributed by atoms with van der Waals surface area (Å²) in [5.41, 5.74) is 1.77. The first-order valence-corrected chi connectivity index (χ1v) is 8.69. The minimum Gasteiger partial charge on any atom is -0.367 e. The Bertz CT molecular complexity index is 729. The highest BCUT2D eigenvalue weighted by Crippen LogP contribution is 2.16. The number of benzene rings is 1. The third-order valence-corrected chi connectivity index (χ3v) is 4.56. The Labute approximate surface area is 148 Å². The second kappa shape index (κ2) is 8.29. The molecule has 0 bridgehead atoms. The number of amides is 1. The molecular formula is C20H22N4O. The summed E-state index contributed by atoms with van der Waals surface area (Å²) in [6.45, 7) is 1.56. The molecule has 1 aliphatic rings. The molecule has 1 aromatic heterocycles. The maximum atomic E-state index is 12.4. The molecule has 2 heterocycles. The van der Waals surface area contributed by atoms with Crippen LogP contribution >= 0.6 is 0 Å². The number of carbonyl (C=O) groups excluding carboxylic acids is 1. The lowest BCUT2D eigenvalue weighted by Crippen LogP contribution is -2.42. The summed E-state index contributed by atoms with van der Waals surface area (Å²) in [5.74, 6) is 1.02. The minimum atomic E-state index is 0.235. The van der Waals surface area contributed by atoms with Crippen molar-refractivity contribution < 1.29 is 4.79 Å².